The first-order chi connectivity index (χ1) is 10.0. The normalized spacial score (nSPS) is 10.2. The average molecular weight is 285 g/mol. The number of nitro groups is 1. The number of hydrogen-bond donors (Lipinski definition) is 0. The average Bonchev–Trinajstić information content (AvgIpc) is 2.48. The van der Waals surface area contributed by atoms with Crippen LogP contribution in [0.2, 0.25) is 0 Å². The summed E-state index contributed by atoms with van der Waals surface area (Å²) in [6.07, 6.45) is 0.231. The molecule has 0 saturated carbocycles. The number of hydrogen-bond acceptors (Lipinski definition) is 4. The summed E-state index contributed by atoms with van der Waals surface area (Å²) in [6.45, 7) is 1.98. The van der Waals surface area contributed by atoms with Gasteiger partial charge in [-0.1, -0.05) is 29.8 Å². The summed E-state index contributed by atoms with van der Waals surface area (Å²) in [5.41, 5.74) is 2.27. The van der Waals surface area contributed by atoms with Crippen molar-refractivity contribution in [1.82, 2.24) is 0 Å². The molecule has 0 spiro atoms. The summed E-state index contributed by atoms with van der Waals surface area (Å²) in [7, 11) is 1.39. The maximum atomic E-state index is 12.3. The van der Waals surface area contributed by atoms with Crippen LogP contribution in [-0.2, 0) is 6.42 Å². The molecule has 0 aliphatic rings. The smallest absolute Gasteiger partial charge is 0.273 e. The molecule has 5 nitrogen and oxygen atoms in total. The van der Waals surface area contributed by atoms with Crippen LogP contribution < -0.4 is 4.74 Å². The Morgan fingerprint density at radius 2 is 1.86 bits per heavy atom. The molecule has 0 unspecified atom stereocenters. The summed E-state index contributed by atoms with van der Waals surface area (Å²) < 4.78 is 5.09. The third kappa shape index (κ3) is 3.45. The van der Waals surface area contributed by atoms with Crippen molar-refractivity contribution in [2.75, 3.05) is 7.11 Å². The molecule has 108 valence electrons. The van der Waals surface area contributed by atoms with Crippen LogP contribution in [0.15, 0.2) is 42.5 Å². The number of aryl methyl sites for hydroxylation is 1. The molecular weight excluding hydrogens is 270 g/mol. The number of benzene rings is 2. The summed E-state index contributed by atoms with van der Waals surface area (Å²) in [5.74, 6) is 0.0897. The predicted octanol–water partition coefficient (Wildman–Crippen LogP) is 3.34. The first-order valence-corrected chi connectivity index (χ1v) is 6.42. The summed E-state index contributed by atoms with van der Waals surface area (Å²) in [6, 6.07) is 11.7. The van der Waals surface area contributed by atoms with Gasteiger partial charge in [0, 0.05) is 12.5 Å². The fourth-order valence-electron chi connectivity index (χ4n) is 2.01. The molecule has 0 fully saturated rings. The minimum atomic E-state index is -0.517. The number of ketones is 1. The van der Waals surface area contributed by atoms with Gasteiger partial charge in [0.25, 0.3) is 5.69 Å². The molecular formula is C16H15NO4. The van der Waals surface area contributed by atoms with Crippen LogP contribution in [0.5, 0.6) is 5.75 Å². The quantitative estimate of drug-likeness (QED) is 0.480. The van der Waals surface area contributed by atoms with E-state index < -0.39 is 4.92 Å². The predicted molar refractivity (Wildman–Crippen MR) is 78.9 cm³/mol. The lowest BCUT2D eigenvalue weighted by atomic mass is 10.0. The van der Waals surface area contributed by atoms with Crippen molar-refractivity contribution < 1.29 is 14.5 Å². The van der Waals surface area contributed by atoms with Gasteiger partial charge in [-0.25, -0.2) is 0 Å². The van der Waals surface area contributed by atoms with E-state index >= 15 is 0 Å². The third-order valence-corrected chi connectivity index (χ3v) is 3.18. The van der Waals surface area contributed by atoms with E-state index in [1.54, 1.807) is 0 Å². The number of carbonyl (C=O) groups excluding carboxylic acids is 1. The molecule has 0 radical (unpaired) electrons. The van der Waals surface area contributed by atoms with Crippen molar-refractivity contribution in [1.29, 1.82) is 0 Å². The molecule has 21 heavy (non-hydrogen) atoms. The van der Waals surface area contributed by atoms with Gasteiger partial charge in [-0.2, -0.15) is 0 Å². The zero-order valence-corrected chi connectivity index (χ0v) is 11.8. The molecule has 2 rings (SSSR count). The van der Waals surface area contributed by atoms with Crippen molar-refractivity contribution in [2.45, 2.75) is 13.3 Å². The number of methoxy groups -OCH3 is 1. The molecule has 0 heterocycles. The molecule has 0 amide bonds. The van der Waals surface area contributed by atoms with E-state index in [0.717, 1.165) is 11.1 Å². The van der Waals surface area contributed by atoms with Crippen molar-refractivity contribution in [3.8, 4) is 5.75 Å². The van der Waals surface area contributed by atoms with E-state index in [4.69, 9.17) is 4.74 Å². The van der Waals surface area contributed by atoms with E-state index in [1.165, 1.54) is 25.3 Å². The molecule has 0 aliphatic heterocycles. The zero-order valence-electron chi connectivity index (χ0n) is 11.8. The molecule has 0 aliphatic carbocycles. The van der Waals surface area contributed by atoms with Crippen molar-refractivity contribution in [2.24, 2.45) is 0 Å². The van der Waals surface area contributed by atoms with E-state index in [0.29, 0.717) is 5.56 Å². The highest BCUT2D eigenvalue weighted by Gasteiger charge is 2.17. The van der Waals surface area contributed by atoms with Gasteiger partial charge in [0.15, 0.2) is 5.78 Å². The van der Waals surface area contributed by atoms with Gasteiger partial charge in [-0.05, 0) is 18.6 Å². The Bertz CT molecular complexity index is 677. The fourth-order valence-corrected chi connectivity index (χ4v) is 2.01. The second kappa shape index (κ2) is 6.17. The van der Waals surface area contributed by atoms with Crippen molar-refractivity contribution in [3.63, 3.8) is 0 Å². The fraction of sp³-hybridized carbons (Fsp3) is 0.188. The number of nitro benzene ring substituents is 1. The molecule has 0 aromatic heterocycles. The van der Waals surface area contributed by atoms with Crippen LogP contribution in [0.4, 0.5) is 5.69 Å². The lowest BCUT2D eigenvalue weighted by Crippen LogP contribution is -2.06. The Balaban J connectivity index is 2.26. The van der Waals surface area contributed by atoms with Gasteiger partial charge in [0.2, 0.25) is 0 Å². The molecule has 2 aromatic rings. The largest absolute Gasteiger partial charge is 0.496 e. The summed E-state index contributed by atoms with van der Waals surface area (Å²) in [4.78, 5) is 22.5. The Hall–Kier alpha value is -2.69. The van der Waals surface area contributed by atoms with Crippen LogP contribution in [0.25, 0.3) is 0 Å². The van der Waals surface area contributed by atoms with Crippen LogP contribution in [-0.4, -0.2) is 17.8 Å². The van der Waals surface area contributed by atoms with Gasteiger partial charge in [0.1, 0.15) is 5.75 Å². The van der Waals surface area contributed by atoms with Crippen molar-refractivity contribution >= 4 is 11.5 Å². The van der Waals surface area contributed by atoms with E-state index in [2.05, 4.69) is 0 Å². The first kappa shape index (κ1) is 14.7. The number of non-ortho nitro benzene ring substituents is 1. The maximum absolute atomic E-state index is 12.3. The second-order valence-corrected chi connectivity index (χ2v) is 4.73. The van der Waals surface area contributed by atoms with E-state index in [-0.39, 0.29) is 23.6 Å². The Morgan fingerprint density at radius 1 is 1.19 bits per heavy atom. The molecule has 0 atom stereocenters. The van der Waals surface area contributed by atoms with E-state index in [1.807, 2.05) is 31.2 Å². The standard InChI is InChI=1S/C16H15NO4/c1-11-3-5-12(6-4-11)9-15(18)14-8-7-13(17(19)20)10-16(14)21-2/h3-8,10H,9H2,1-2H3. The van der Waals surface area contributed by atoms with Gasteiger partial charge < -0.3 is 4.74 Å². The Labute approximate surface area is 122 Å². The number of rotatable bonds is 5. The first-order valence-electron chi connectivity index (χ1n) is 6.42. The lowest BCUT2D eigenvalue weighted by Gasteiger charge is -2.07. The summed E-state index contributed by atoms with van der Waals surface area (Å²) >= 11 is 0. The number of nitrogens with zero attached hydrogens (tertiary/aromatic N) is 1. The van der Waals surface area contributed by atoms with Crippen LogP contribution in [0.1, 0.15) is 21.5 Å². The van der Waals surface area contributed by atoms with Gasteiger partial charge >= 0.3 is 0 Å². The Kier molecular flexibility index (Phi) is 4.33. The van der Waals surface area contributed by atoms with Crippen molar-refractivity contribution in [3.05, 3.63) is 69.3 Å². The lowest BCUT2D eigenvalue weighted by molar-refractivity contribution is -0.384. The highest BCUT2D eigenvalue weighted by atomic mass is 16.6. The SMILES string of the molecule is COc1cc([N+](=O)[O-])ccc1C(=O)Cc1ccc(C)cc1. The maximum Gasteiger partial charge on any atom is 0.273 e. The topological polar surface area (TPSA) is 69.4 Å². The number of ether oxygens (including phenoxy) is 1. The van der Waals surface area contributed by atoms with Gasteiger partial charge in [0.05, 0.1) is 23.7 Å². The monoisotopic (exact) mass is 285 g/mol. The second-order valence-electron chi connectivity index (χ2n) is 4.73. The minimum Gasteiger partial charge on any atom is -0.496 e. The molecule has 0 saturated heterocycles. The highest BCUT2D eigenvalue weighted by molar-refractivity contribution is 6.00. The van der Waals surface area contributed by atoms with E-state index in [9.17, 15) is 14.9 Å². The summed E-state index contributed by atoms with van der Waals surface area (Å²) in [5, 5.41) is 10.7. The van der Waals surface area contributed by atoms with Crippen LogP contribution >= 0.6 is 0 Å². The molecule has 0 bridgehead atoms. The molecule has 0 N–H and O–H groups in total. The number of Topliss-reactive ketones (excluding diaryl/α,β-unsaturated/α-hetero) is 1. The number of carbonyl (C=O) groups is 1. The Morgan fingerprint density at radius 3 is 2.43 bits per heavy atom. The minimum absolute atomic E-state index is 0.0984. The third-order valence-electron chi connectivity index (χ3n) is 3.18. The van der Waals surface area contributed by atoms with Crippen LogP contribution in [0, 0.1) is 17.0 Å². The van der Waals surface area contributed by atoms with Crippen LogP contribution in [0.3, 0.4) is 0 Å². The highest BCUT2D eigenvalue weighted by Crippen LogP contribution is 2.25. The van der Waals surface area contributed by atoms with Gasteiger partial charge in [-0.15, -0.1) is 0 Å². The van der Waals surface area contributed by atoms with Gasteiger partial charge in [-0.3, -0.25) is 14.9 Å². The molecule has 2 aromatic carbocycles. The zero-order chi connectivity index (χ0) is 15.4. The molecule has 5 heteroatoms.